The van der Waals surface area contributed by atoms with E-state index in [9.17, 15) is 15.0 Å². The highest BCUT2D eigenvalue weighted by atomic mass is 16.5. The molecule has 1 aliphatic heterocycles. The van der Waals surface area contributed by atoms with E-state index in [4.69, 9.17) is 9.84 Å². The molecule has 1 saturated heterocycles. The van der Waals surface area contributed by atoms with Gasteiger partial charge in [0.15, 0.2) is 0 Å². The molecule has 0 bridgehead atoms. The molecule has 1 aliphatic rings. The van der Waals surface area contributed by atoms with Crippen molar-refractivity contribution in [3.05, 3.63) is 0 Å². The number of aliphatic carboxylic acids is 1. The Morgan fingerprint density at radius 2 is 1.83 bits per heavy atom. The lowest BCUT2D eigenvalue weighted by Gasteiger charge is -2.21. The summed E-state index contributed by atoms with van der Waals surface area (Å²) in [6.45, 7) is 2.56. The third-order valence-corrected chi connectivity index (χ3v) is 5.06. The zero-order chi connectivity index (χ0) is 17.8. The first-order valence-corrected chi connectivity index (χ1v) is 9.74. The monoisotopic (exact) mass is 344 g/mol. The fourth-order valence-electron chi connectivity index (χ4n) is 3.53. The first-order valence-electron chi connectivity index (χ1n) is 9.74. The van der Waals surface area contributed by atoms with E-state index in [1.165, 1.54) is 0 Å². The number of aliphatic hydroxyl groups is 2. The van der Waals surface area contributed by atoms with Crippen LogP contribution < -0.4 is 0 Å². The number of hydrogen-bond acceptors (Lipinski definition) is 4. The van der Waals surface area contributed by atoms with E-state index < -0.39 is 12.1 Å². The summed E-state index contributed by atoms with van der Waals surface area (Å²) in [4.78, 5) is 10.5. The molecule has 0 aliphatic carbocycles. The van der Waals surface area contributed by atoms with Crippen LogP contribution in [0.2, 0.25) is 0 Å². The van der Waals surface area contributed by atoms with Gasteiger partial charge in [-0.25, -0.2) is 0 Å². The number of ether oxygens (including phenoxy) is 1. The molecule has 5 heteroatoms. The fourth-order valence-corrected chi connectivity index (χ4v) is 3.53. The van der Waals surface area contributed by atoms with Crippen molar-refractivity contribution in [1.29, 1.82) is 0 Å². The van der Waals surface area contributed by atoms with Crippen LogP contribution in [0.5, 0.6) is 0 Å². The van der Waals surface area contributed by atoms with E-state index >= 15 is 0 Å². The molecule has 1 unspecified atom stereocenters. The van der Waals surface area contributed by atoms with Crippen molar-refractivity contribution in [1.82, 2.24) is 0 Å². The summed E-state index contributed by atoms with van der Waals surface area (Å²) in [7, 11) is 0. The average molecular weight is 344 g/mol. The summed E-state index contributed by atoms with van der Waals surface area (Å²) in [5.41, 5.74) is 0. The molecule has 3 N–H and O–H groups in total. The molecule has 1 fully saturated rings. The van der Waals surface area contributed by atoms with Crippen LogP contribution in [0.25, 0.3) is 0 Å². The van der Waals surface area contributed by atoms with Crippen LogP contribution in [0.3, 0.4) is 0 Å². The lowest BCUT2D eigenvalue weighted by molar-refractivity contribution is -0.137. The second kappa shape index (κ2) is 12.7. The van der Waals surface area contributed by atoms with Gasteiger partial charge in [-0.3, -0.25) is 4.79 Å². The molecule has 142 valence electrons. The van der Waals surface area contributed by atoms with Crippen LogP contribution in [0.4, 0.5) is 0 Å². The van der Waals surface area contributed by atoms with Crippen molar-refractivity contribution in [2.24, 2.45) is 5.92 Å². The summed E-state index contributed by atoms with van der Waals surface area (Å²) in [6.07, 6.45) is 10.1. The summed E-state index contributed by atoms with van der Waals surface area (Å²) in [5, 5.41) is 28.8. The maximum atomic E-state index is 10.5. The molecule has 0 aromatic heterocycles. The first kappa shape index (κ1) is 21.4. The Morgan fingerprint density at radius 3 is 2.54 bits per heavy atom. The predicted octanol–water partition coefficient (Wildman–Crippen LogP) is 3.51. The van der Waals surface area contributed by atoms with Crippen LogP contribution in [0, 0.1) is 5.92 Å². The Kier molecular flexibility index (Phi) is 11.3. The molecule has 0 amide bonds. The summed E-state index contributed by atoms with van der Waals surface area (Å²) >= 11 is 0. The van der Waals surface area contributed by atoms with E-state index in [0.717, 1.165) is 70.6 Å². The number of unbranched alkanes of at least 4 members (excludes halogenated alkanes) is 5. The molecular formula is C19H36O5. The maximum absolute atomic E-state index is 10.5. The van der Waals surface area contributed by atoms with E-state index in [-0.39, 0.29) is 24.5 Å². The molecule has 0 radical (unpaired) electrons. The van der Waals surface area contributed by atoms with Crippen molar-refractivity contribution >= 4 is 5.97 Å². The minimum atomic E-state index is -0.727. The van der Waals surface area contributed by atoms with Crippen LogP contribution in [-0.4, -0.2) is 46.2 Å². The number of aliphatic hydroxyl groups excluding tert-OH is 2. The van der Waals surface area contributed by atoms with E-state index in [0.29, 0.717) is 6.61 Å². The smallest absolute Gasteiger partial charge is 0.303 e. The highest BCUT2D eigenvalue weighted by Crippen LogP contribution is 2.30. The van der Waals surface area contributed by atoms with Gasteiger partial charge < -0.3 is 20.1 Å². The standard InChI is InChI=1S/C19H36O5/c1-2-3-6-9-15(20)12-13-16-17(21)14-24-18(16)10-7-4-5-8-11-19(22)23/h15-18,20-21H,2-14H2,1H3,(H,22,23)/t15?,16-,17+,18+/m1/s1. The molecule has 24 heavy (non-hydrogen) atoms. The van der Waals surface area contributed by atoms with Gasteiger partial charge in [-0.05, 0) is 32.1 Å². The van der Waals surface area contributed by atoms with E-state index in [1.54, 1.807) is 0 Å². The highest BCUT2D eigenvalue weighted by molar-refractivity contribution is 5.66. The normalized spacial score (nSPS) is 25.0. The lowest BCUT2D eigenvalue weighted by Crippen LogP contribution is -2.25. The molecule has 1 rings (SSSR count). The third kappa shape index (κ3) is 9.00. The van der Waals surface area contributed by atoms with Gasteiger partial charge in [0.25, 0.3) is 0 Å². The van der Waals surface area contributed by atoms with Crippen LogP contribution >= 0.6 is 0 Å². The summed E-state index contributed by atoms with van der Waals surface area (Å²) in [5.74, 6) is -0.598. The Bertz CT molecular complexity index is 334. The molecular weight excluding hydrogens is 308 g/mol. The highest BCUT2D eigenvalue weighted by Gasteiger charge is 2.35. The number of rotatable bonds is 14. The van der Waals surface area contributed by atoms with Gasteiger partial charge in [0, 0.05) is 12.3 Å². The molecule has 0 aromatic rings. The number of hydrogen-bond donors (Lipinski definition) is 3. The molecule has 0 saturated carbocycles. The van der Waals surface area contributed by atoms with Gasteiger partial charge in [-0.2, -0.15) is 0 Å². The van der Waals surface area contributed by atoms with Crippen LogP contribution in [0.1, 0.15) is 84.0 Å². The zero-order valence-electron chi connectivity index (χ0n) is 15.2. The SMILES string of the molecule is CCCCCC(O)CC[C@H]1[C@H](CCCCCCC(=O)O)OC[C@@H]1O. The number of carboxylic acids is 1. The second-order valence-corrected chi connectivity index (χ2v) is 7.18. The van der Waals surface area contributed by atoms with Crippen molar-refractivity contribution < 1.29 is 24.9 Å². The maximum Gasteiger partial charge on any atom is 0.303 e. The van der Waals surface area contributed by atoms with Crippen LogP contribution in [-0.2, 0) is 9.53 Å². The summed E-state index contributed by atoms with van der Waals surface area (Å²) < 4.78 is 5.73. The van der Waals surface area contributed by atoms with Gasteiger partial charge in [-0.1, -0.05) is 45.4 Å². The predicted molar refractivity (Wildman–Crippen MR) is 94.0 cm³/mol. The molecule has 4 atom stereocenters. The third-order valence-electron chi connectivity index (χ3n) is 5.06. The van der Waals surface area contributed by atoms with Gasteiger partial charge >= 0.3 is 5.97 Å². The Hall–Kier alpha value is -0.650. The average Bonchev–Trinajstić information content (AvgIpc) is 2.89. The number of carbonyl (C=O) groups is 1. The number of carboxylic acid groups (broad SMARTS) is 1. The van der Waals surface area contributed by atoms with E-state index in [1.807, 2.05) is 0 Å². The second-order valence-electron chi connectivity index (χ2n) is 7.18. The quantitative estimate of drug-likeness (QED) is 0.420. The summed E-state index contributed by atoms with van der Waals surface area (Å²) in [6, 6.07) is 0. The van der Waals surface area contributed by atoms with Gasteiger partial charge in [0.05, 0.1) is 24.9 Å². The van der Waals surface area contributed by atoms with Crippen molar-refractivity contribution in [3.63, 3.8) is 0 Å². The molecule has 0 spiro atoms. The molecule has 1 heterocycles. The van der Waals surface area contributed by atoms with Gasteiger partial charge in [0.2, 0.25) is 0 Å². The van der Waals surface area contributed by atoms with Gasteiger partial charge in [0.1, 0.15) is 0 Å². The zero-order valence-corrected chi connectivity index (χ0v) is 15.2. The molecule has 0 aromatic carbocycles. The Balaban J connectivity index is 2.18. The Morgan fingerprint density at radius 1 is 1.08 bits per heavy atom. The van der Waals surface area contributed by atoms with Crippen molar-refractivity contribution in [3.8, 4) is 0 Å². The first-order chi connectivity index (χ1) is 11.5. The van der Waals surface area contributed by atoms with Gasteiger partial charge in [-0.15, -0.1) is 0 Å². The topological polar surface area (TPSA) is 87.0 Å². The van der Waals surface area contributed by atoms with Crippen molar-refractivity contribution in [2.45, 2.75) is 102 Å². The van der Waals surface area contributed by atoms with Crippen molar-refractivity contribution in [2.75, 3.05) is 6.61 Å². The van der Waals surface area contributed by atoms with Crippen LogP contribution in [0.15, 0.2) is 0 Å². The minimum absolute atomic E-state index is 0.0855. The molecule has 5 nitrogen and oxygen atoms in total. The van der Waals surface area contributed by atoms with E-state index in [2.05, 4.69) is 6.92 Å². The Labute approximate surface area is 146 Å². The fraction of sp³-hybridized carbons (Fsp3) is 0.947. The minimum Gasteiger partial charge on any atom is -0.481 e. The lowest BCUT2D eigenvalue weighted by atomic mass is 9.89. The largest absolute Gasteiger partial charge is 0.481 e.